The average molecular weight is 216 g/mol. The zero-order valence-electron chi connectivity index (χ0n) is 9.87. The highest BCUT2D eigenvalue weighted by Crippen LogP contribution is 2.27. The van der Waals surface area contributed by atoms with Gasteiger partial charge in [-0.15, -0.1) is 0 Å². The first-order chi connectivity index (χ1) is 7.95. The maximum Gasteiger partial charge on any atom is 0.176 e. The van der Waals surface area contributed by atoms with E-state index < -0.39 is 0 Å². The molecule has 2 rings (SSSR count). The second kappa shape index (κ2) is 6.43. The molecule has 0 spiro atoms. The summed E-state index contributed by atoms with van der Waals surface area (Å²) in [6.45, 7) is 0. The van der Waals surface area contributed by atoms with E-state index in [1.165, 1.54) is 44.9 Å². The second-order valence-corrected chi connectivity index (χ2v) is 4.68. The van der Waals surface area contributed by atoms with Crippen molar-refractivity contribution in [3.63, 3.8) is 0 Å². The van der Waals surface area contributed by atoms with Crippen LogP contribution in [0.1, 0.15) is 57.1 Å². The quantitative estimate of drug-likeness (QED) is 0.539. The van der Waals surface area contributed by atoms with Crippen LogP contribution in [0.4, 0.5) is 0 Å². The van der Waals surface area contributed by atoms with Crippen LogP contribution in [0.15, 0.2) is 22.8 Å². The van der Waals surface area contributed by atoms with E-state index in [9.17, 15) is 0 Å². The highest BCUT2D eigenvalue weighted by Gasteiger charge is 2.11. The molecule has 1 saturated carbocycles. The van der Waals surface area contributed by atoms with Crippen molar-refractivity contribution in [2.24, 2.45) is 5.92 Å². The lowest BCUT2D eigenvalue weighted by Gasteiger charge is -2.20. The van der Waals surface area contributed by atoms with Gasteiger partial charge in [-0.2, -0.15) is 0 Å². The maximum atomic E-state index is 5.16. The Morgan fingerprint density at radius 2 is 2.12 bits per heavy atom. The minimum absolute atomic E-state index is 0.790. The fraction of sp³-hybridized carbons (Fsp3) is 0.600. The molecule has 0 N–H and O–H groups in total. The molecule has 1 aromatic heterocycles. The summed E-state index contributed by atoms with van der Waals surface area (Å²) in [5, 5.41) is 0. The lowest BCUT2D eigenvalue weighted by Crippen LogP contribution is -2.05. The van der Waals surface area contributed by atoms with Gasteiger partial charge in [0.1, 0.15) is 0 Å². The third-order valence-electron chi connectivity index (χ3n) is 3.37. The summed E-state index contributed by atoms with van der Waals surface area (Å²) in [4.78, 5) is 0. The van der Waals surface area contributed by atoms with E-state index in [4.69, 9.17) is 4.42 Å². The molecule has 0 amide bonds. The molecule has 1 fully saturated rings. The highest BCUT2D eigenvalue weighted by molar-refractivity contribution is 5.23. The first kappa shape index (κ1) is 11.3. The molecular formula is C15H20O. The summed E-state index contributed by atoms with van der Waals surface area (Å²) >= 11 is 0. The molecule has 1 aromatic rings. The molecule has 1 aliphatic rings. The smallest absolute Gasteiger partial charge is 0.176 e. The monoisotopic (exact) mass is 216 g/mol. The van der Waals surface area contributed by atoms with Crippen LogP contribution in [0, 0.1) is 17.8 Å². The molecule has 0 aliphatic heterocycles. The average Bonchev–Trinajstić information content (AvgIpc) is 2.83. The fourth-order valence-corrected chi connectivity index (χ4v) is 2.45. The van der Waals surface area contributed by atoms with Crippen molar-refractivity contribution in [2.45, 2.75) is 51.4 Å². The summed E-state index contributed by atoms with van der Waals surface area (Å²) in [6, 6.07) is 3.79. The zero-order chi connectivity index (χ0) is 11.1. The largest absolute Gasteiger partial charge is 0.456 e. The van der Waals surface area contributed by atoms with Crippen molar-refractivity contribution in [3.8, 4) is 11.8 Å². The fourth-order valence-electron chi connectivity index (χ4n) is 2.45. The molecule has 0 unspecified atom stereocenters. The first-order valence-corrected chi connectivity index (χ1v) is 6.47. The Bertz CT molecular complexity index is 333. The first-order valence-electron chi connectivity index (χ1n) is 6.47. The van der Waals surface area contributed by atoms with Gasteiger partial charge < -0.3 is 4.42 Å². The molecule has 0 atom stereocenters. The predicted octanol–water partition coefficient (Wildman–Crippen LogP) is 4.38. The third-order valence-corrected chi connectivity index (χ3v) is 3.37. The number of hydrogen-bond donors (Lipinski definition) is 0. The Morgan fingerprint density at radius 1 is 1.25 bits per heavy atom. The molecule has 0 aromatic carbocycles. The molecule has 0 radical (unpaired) electrons. The summed E-state index contributed by atoms with van der Waals surface area (Å²) in [6.07, 6.45) is 12.5. The van der Waals surface area contributed by atoms with Gasteiger partial charge in [-0.05, 0) is 36.8 Å². The number of rotatable bonds is 3. The van der Waals surface area contributed by atoms with E-state index in [0.29, 0.717) is 0 Å². The van der Waals surface area contributed by atoms with E-state index in [1.807, 2.05) is 12.1 Å². The molecule has 86 valence electrons. The van der Waals surface area contributed by atoms with E-state index in [1.54, 1.807) is 6.26 Å². The zero-order valence-corrected chi connectivity index (χ0v) is 9.87. The van der Waals surface area contributed by atoms with Gasteiger partial charge in [0.2, 0.25) is 0 Å². The van der Waals surface area contributed by atoms with Crippen LogP contribution in [0.25, 0.3) is 0 Å². The van der Waals surface area contributed by atoms with Gasteiger partial charge in [-0.3, -0.25) is 0 Å². The molecule has 16 heavy (non-hydrogen) atoms. The number of hydrogen-bond acceptors (Lipinski definition) is 1. The Hall–Kier alpha value is -1.16. The van der Waals surface area contributed by atoms with E-state index >= 15 is 0 Å². The molecular weight excluding hydrogens is 196 g/mol. The Morgan fingerprint density at radius 3 is 2.88 bits per heavy atom. The van der Waals surface area contributed by atoms with Crippen LogP contribution in [0.2, 0.25) is 0 Å². The normalized spacial score (nSPS) is 16.8. The molecule has 0 saturated heterocycles. The van der Waals surface area contributed by atoms with Crippen molar-refractivity contribution < 1.29 is 4.42 Å². The van der Waals surface area contributed by atoms with Gasteiger partial charge in [0, 0.05) is 6.42 Å². The Balaban J connectivity index is 1.61. The van der Waals surface area contributed by atoms with Crippen LogP contribution < -0.4 is 0 Å². The molecule has 0 bridgehead atoms. The van der Waals surface area contributed by atoms with E-state index in [0.717, 1.165) is 18.1 Å². The maximum absolute atomic E-state index is 5.16. The SMILES string of the molecule is C(#Cc1ccco1)CCCC1CCCCC1. The van der Waals surface area contributed by atoms with Crippen molar-refractivity contribution in [1.82, 2.24) is 0 Å². The topological polar surface area (TPSA) is 13.1 Å². The van der Waals surface area contributed by atoms with E-state index in [-0.39, 0.29) is 0 Å². The van der Waals surface area contributed by atoms with Crippen LogP contribution >= 0.6 is 0 Å². The summed E-state index contributed by atoms with van der Waals surface area (Å²) < 4.78 is 5.16. The van der Waals surface area contributed by atoms with Crippen molar-refractivity contribution in [1.29, 1.82) is 0 Å². The summed E-state index contributed by atoms with van der Waals surface area (Å²) in [5.74, 6) is 8.00. The summed E-state index contributed by atoms with van der Waals surface area (Å²) in [5.41, 5.74) is 0. The molecule has 1 nitrogen and oxygen atoms in total. The van der Waals surface area contributed by atoms with Crippen molar-refractivity contribution >= 4 is 0 Å². The van der Waals surface area contributed by atoms with Gasteiger partial charge in [-0.25, -0.2) is 0 Å². The molecule has 1 aliphatic carbocycles. The summed E-state index contributed by atoms with van der Waals surface area (Å²) in [7, 11) is 0. The van der Waals surface area contributed by atoms with Crippen LogP contribution in [0.5, 0.6) is 0 Å². The third kappa shape index (κ3) is 3.77. The van der Waals surface area contributed by atoms with Crippen molar-refractivity contribution in [2.75, 3.05) is 0 Å². The Labute approximate surface area is 98.2 Å². The lowest BCUT2D eigenvalue weighted by molar-refractivity contribution is 0.334. The van der Waals surface area contributed by atoms with Gasteiger partial charge in [0.25, 0.3) is 0 Å². The lowest BCUT2D eigenvalue weighted by atomic mass is 9.86. The molecule has 1 heteroatoms. The standard InChI is InChI=1S/C15H20O/c1-3-8-14(9-4-1)10-5-2-6-11-15-12-7-13-16-15/h7,12-14H,1-5,8-10H2. The molecule has 1 heterocycles. The highest BCUT2D eigenvalue weighted by atomic mass is 16.3. The van der Waals surface area contributed by atoms with Crippen molar-refractivity contribution in [3.05, 3.63) is 24.2 Å². The van der Waals surface area contributed by atoms with Crippen LogP contribution in [-0.2, 0) is 0 Å². The van der Waals surface area contributed by atoms with Crippen LogP contribution in [0.3, 0.4) is 0 Å². The minimum atomic E-state index is 0.790. The number of unbranched alkanes of at least 4 members (excludes halogenated alkanes) is 1. The van der Waals surface area contributed by atoms with Gasteiger partial charge in [0.05, 0.1) is 6.26 Å². The van der Waals surface area contributed by atoms with Crippen LogP contribution in [-0.4, -0.2) is 0 Å². The van der Waals surface area contributed by atoms with Gasteiger partial charge in [0.15, 0.2) is 5.76 Å². The van der Waals surface area contributed by atoms with E-state index in [2.05, 4.69) is 11.8 Å². The van der Waals surface area contributed by atoms with Gasteiger partial charge >= 0.3 is 0 Å². The predicted molar refractivity (Wildman–Crippen MR) is 66.0 cm³/mol. The minimum Gasteiger partial charge on any atom is -0.456 e. The Kier molecular flexibility index (Phi) is 4.55. The van der Waals surface area contributed by atoms with Gasteiger partial charge in [-0.1, -0.05) is 38.0 Å². The second-order valence-electron chi connectivity index (χ2n) is 4.68. The number of furan rings is 1.